The first kappa shape index (κ1) is 18.9. The van der Waals surface area contributed by atoms with Crippen LogP contribution in [0.5, 0.6) is 0 Å². The Hall–Kier alpha value is -4.42. The van der Waals surface area contributed by atoms with Crippen molar-refractivity contribution < 1.29 is 0 Å². The van der Waals surface area contributed by atoms with Crippen LogP contribution < -0.4 is 0 Å². The minimum atomic E-state index is 1.01. The lowest BCUT2D eigenvalue weighted by atomic mass is 9.89. The highest BCUT2D eigenvalue weighted by Gasteiger charge is 2.21. The second kappa shape index (κ2) is 7.04. The van der Waals surface area contributed by atoms with Gasteiger partial charge in [0.2, 0.25) is 0 Å². The molecule has 0 saturated heterocycles. The Morgan fingerprint density at radius 2 is 0.971 bits per heavy atom. The summed E-state index contributed by atoms with van der Waals surface area (Å²) in [4.78, 5) is 0. The summed E-state index contributed by atoms with van der Waals surface area (Å²) >= 11 is 0. The van der Waals surface area contributed by atoms with E-state index >= 15 is 0 Å². The summed E-state index contributed by atoms with van der Waals surface area (Å²) in [6, 6.07) is 45.0. The van der Waals surface area contributed by atoms with E-state index < -0.39 is 0 Å². The molecule has 0 spiro atoms. The van der Waals surface area contributed by atoms with Crippen molar-refractivity contribution >= 4 is 32.3 Å². The molecule has 0 fully saturated rings. The summed E-state index contributed by atoms with van der Waals surface area (Å²) < 4.78 is 0. The van der Waals surface area contributed by atoms with E-state index in [0.717, 1.165) is 6.42 Å². The minimum absolute atomic E-state index is 1.01. The molecule has 35 heavy (non-hydrogen) atoms. The summed E-state index contributed by atoms with van der Waals surface area (Å²) in [6.07, 6.45) is 1.01. The molecule has 7 aromatic rings. The molecule has 0 aromatic heterocycles. The zero-order chi connectivity index (χ0) is 22.9. The molecule has 0 heterocycles. The molecule has 1 aliphatic rings. The van der Waals surface area contributed by atoms with Gasteiger partial charge in [-0.05, 0) is 83.2 Å². The van der Waals surface area contributed by atoms with E-state index in [1.165, 1.54) is 76.8 Å². The number of rotatable bonds is 2. The number of fused-ring (bicyclic) bond motifs is 3. The maximum atomic E-state index is 2.30. The van der Waals surface area contributed by atoms with E-state index in [2.05, 4.69) is 121 Å². The van der Waals surface area contributed by atoms with Crippen LogP contribution in [0, 0.1) is 0 Å². The third-order valence-corrected chi connectivity index (χ3v) is 7.89. The molecule has 0 saturated carbocycles. The van der Waals surface area contributed by atoms with Crippen LogP contribution in [0.4, 0.5) is 0 Å². The van der Waals surface area contributed by atoms with Gasteiger partial charge in [0.1, 0.15) is 0 Å². The predicted octanol–water partition coefficient (Wildman–Crippen LogP) is 9.49. The molecular formula is C35H22. The fourth-order valence-corrected chi connectivity index (χ4v) is 6.24. The van der Waals surface area contributed by atoms with Crippen molar-refractivity contribution in [2.75, 3.05) is 0 Å². The Bertz CT molecular complexity index is 1890. The first-order valence-electron chi connectivity index (χ1n) is 12.3. The van der Waals surface area contributed by atoms with Gasteiger partial charge in [0, 0.05) is 0 Å². The molecule has 8 rings (SSSR count). The highest BCUT2D eigenvalue weighted by atomic mass is 14.2. The third-order valence-electron chi connectivity index (χ3n) is 7.89. The van der Waals surface area contributed by atoms with Gasteiger partial charge in [0.15, 0.2) is 0 Å². The SMILES string of the molecule is c1ccc2c(c1)Cc1c(-c3ccc(-c4ccc5ccc6cccc7ccc4c5c67)cc3)cccc1-2. The standard InChI is InChI=1S/C35H22/c1-2-8-29-27(5-1)21-33-28(9-4-10-31(29)33)22-11-13-23(14-12-22)30-19-17-26-16-15-24-6-3-7-25-18-20-32(30)35(26)34(24)25/h1-20H,21H2. The summed E-state index contributed by atoms with van der Waals surface area (Å²) in [5, 5.41) is 8.01. The Balaban J connectivity index is 1.27. The van der Waals surface area contributed by atoms with Crippen molar-refractivity contribution in [3.05, 3.63) is 132 Å². The van der Waals surface area contributed by atoms with Crippen molar-refractivity contribution in [2.24, 2.45) is 0 Å². The molecule has 0 aliphatic heterocycles. The summed E-state index contributed by atoms with van der Waals surface area (Å²) in [6.45, 7) is 0. The topological polar surface area (TPSA) is 0 Å². The highest BCUT2D eigenvalue weighted by Crippen LogP contribution is 2.43. The number of benzene rings is 7. The molecular weight excluding hydrogens is 420 g/mol. The molecule has 162 valence electrons. The van der Waals surface area contributed by atoms with Crippen LogP contribution in [-0.2, 0) is 6.42 Å². The van der Waals surface area contributed by atoms with Crippen molar-refractivity contribution in [1.29, 1.82) is 0 Å². The van der Waals surface area contributed by atoms with Gasteiger partial charge in [-0.3, -0.25) is 0 Å². The van der Waals surface area contributed by atoms with Crippen LogP contribution in [0.2, 0.25) is 0 Å². The van der Waals surface area contributed by atoms with Gasteiger partial charge in [-0.1, -0.05) is 121 Å². The lowest BCUT2D eigenvalue weighted by Crippen LogP contribution is -1.89. The first-order chi connectivity index (χ1) is 17.3. The van der Waals surface area contributed by atoms with Crippen molar-refractivity contribution in [3.63, 3.8) is 0 Å². The van der Waals surface area contributed by atoms with Crippen LogP contribution in [-0.4, -0.2) is 0 Å². The van der Waals surface area contributed by atoms with Gasteiger partial charge in [0.25, 0.3) is 0 Å². The lowest BCUT2D eigenvalue weighted by Gasteiger charge is -2.15. The second-order valence-electron chi connectivity index (χ2n) is 9.71. The molecule has 7 aromatic carbocycles. The molecule has 0 heteroatoms. The zero-order valence-corrected chi connectivity index (χ0v) is 19.3. The molecule has 0 radical (unpaired) electrons. The molecule has 0 bridgehead atoms. The Morgan fingerprint density at radius 1 is 0.371 bits per heavy atom. The molecule has 1 aliphatic carbocycles. The fourth-order valence-electron chi connectivity index (χ4n) is 6.24. The van der Waals surface area contributed by atoms with Gasteiger partial charge >= 0.3 is 0 Å². The molecule has 0 unspecified atom stereocenters. The van der Waals surface area contributed by atoms with E-state index in [-0.39, 0.29) is 0 Å². The van der Waals surface area contributed by atoms with E-state index in [9.17, 15) is 0 Å². The molecule has 0 amide bonds. The number of hydrogen-bond donors (Lipinski definition) is 0. The fraction of sp³-hybridized carbons (Fsp3) is 0.0286. The Labute approximate surface area is 204 Å². The van der Waals surface area contributed by atoms with Gasteiger partial charge < -0.3 is 0 Å². The van der Waals surface area contributed by atoms with Gasteiger partial charge in [0.05, 0.1) is 0 Å². The number of hydrogen-bond acceptors (Lipinski definition) is 0. The quantitative estimate of drug-likeness (QED) is 0.234. The molecule has 0 atom stereocenters. The highest BCUT2D eigenvalue weighted by molar-refractivity contribution is 6.25. The molecule has 0 N–H and O–H groups in total. The second-order valence-corrected chi connectivity index (χ2v) is 9.71. The summed E-state index contributed by atoms with van der Waals surface area (Å²) in [5.74, 6) is 0. The predicted molar refractivity (Wildman–Crippen MR) is 149 cm³/mol. The molecule has 0 nitrogen and oxygen atoms in total. The van der Waals surface area contributed by atoms with E-state index in [0.29, 0.717) is 0 Å². The van der Waals surface area contributed by atoms with Crippen molar-refractivity contribution in [1.82, 2.24) is 0 Å². The van der Waals surface area contributed by atoms with Crippen LogP contribution in [0.3, 0.4) is 0 Å². The lowest BCUT2D eigenvalue weighted by molar-refractivity contribution is 1.26. The van der Waals surface area contributed by atoms with Crippen LogP contribution >= 0.6 is 0 Å². The summed E-state index contributed by atoms with van der Waals surface area (Å²) in [7, 11) is 0. The Kier molecular flexibility index (Phi) is 3.81. The average molecular weight is 443 g/mol. The maximum absolute atomic E-state index is 2.30. The van der Waals surface area contributed by atoms with Gasteiger partial charge in [-0.25, -0.2) is 0 Å². The van der Waals surface area contributed by atoms with Crippen molar-refractivity contribution in [2.45, 2.75) is 6.42 Å². The van der Waals surface area contributed by atoms with Crippen LogP contribution in [0.15, 0.2) is 121 Å². The minimum Gasteiger partial charge on any atom is -0.0619 e. The van der Waals surface area contributed by atoms with Gasteiger partial charge in [-0.2, -0.15) is 0 Å². The van der Waals surface area contributed by atoms with Gasteiger partial charge in [-0.15, -0.1) is 0 Å². The largest absolute Gasteiger partial charge is 0.0619 e. The van der Waals surface area contributed by atoms with E-state index in [1.807, 2.05) is 0 Å². The van der Waals surface area contributed by atoms with Crippen molar-refractivity contribution in [3.8, 4) is 33.4 Å². The summed E-state index contributed by atoms with van der Waals surface area (Å²) in [5.41, 5.74) is 10.8. The monoisotopic (exact) mass is 442 g/mol. The Morgan fingerprint density at radius 3 is 1.80 bits per heavy atom. The maximum Gasteiger partial charge on any atom is -0.000729 e. The van der Waals surface area contributed by atoms with Crippen LogP contribution in [0.25, 0.3) is 65.7 Å². The average Bonchev–Trinajstić information content (AvgIpc) is 3.31. The third kappa shape index (κ3) is 2.68. The van der Waals surface area contributed by atoms with Crippen LogP contribution in [0.1, 0.15) is 11.1 Å². The first-order valence-corrected chi connectivity index (χ1v) is 12.3. The van der Waals surface area contributed by atoms with E-state index in [1.54, 1.807) is 0 Å². The smallest absolute Gasteiger partial charge is 0.000729 e. The zero-order valence-electron chi connectivity index (χ0n) is 19.3. The normalized spacial score (nSPS) is 12.5. The van der Waals surface area contributed by atoms with E-state index in [4.69, 9.17) is 0 Å².